The third kappa shape index (κ3) is 1.03. The summed E-state index contributed by atoms with van der Waals surface area (Å²) in [7, 11) is 1.51. The van der Waals surface area contributed by atoms with Crippen LogP contribution in [0.2, 0.25) is 0 Å². The van der Waals surface area contributed by atoms with Crippen molar-refractivity contribution >= 4 is 11.5 Å². The van der Waals surface area contributed by atoms with Gasteiger partial charge in [-0.15, -0.1) is 0 Å². The van der Waals surface area contributed by atoms with E-state index in [2.05, 4.69) is 0 Å². The molecule has 1 heterocycles. The predicted molar refractivity (Wildman–Crippen MR) is 53.0 cm³/mol. The van der Waals surface area contributed by atoms with Crippen LogP contribution in [0, 0.1) is 0 Å². The first-order valence-corrected chi connectivity index (χ1v) is 4.40. The van der Waals surface area contributed by atoms with Crippen LogP contribution >= 0.6 is 0 Å². The molecule has 0 bridgehead atoms. The predicted octanol–water partition coefficient (Wildman–Crippen LogP) is -0.954. The second-order valence-corrected chi connectivity index (χ2v) is 3.55. The SMILES string of the molecule is Cn1c(N)c(N)c(=O)n(C2CC2)c1=O. The summed E-state index contributed by atoms with van der Waals surface area (Å²) in [6.45, 7) is 0. The van der Waals surface area contributed by atoms with Crippen molar-refractivity contribution in [3.63, 3.8) is 0 Å². The van der Waals surface area contributed by atoms with E-state index in [9.17, 15) is 9.59 Å². The average molecular weight is 196 g/mol. The van der Waals surface area contributed by atoms with Crippen LogP contribution in [0.3, 0.4) is 0 Å². The topological polar surface area (TPSA) is 96.0 Å². The number of hydrogen-bond donors (Lipinski definition) is 2. The van der Waals surface area contributed by atoms with Crippen molar-refractivity contribution in [1.82, 2.24) is 9.13 Å². The molecule has 1 aromatic heterocycles. The minimum Gasteiger partial charge on any atom is -0.391 e. The van der Waals surface area contributed by atoms with Crippen LogP contribution in [0.4, 0.5) is 11.5 Å². The second kappa shape index (κ2) is 2.63. The highest BCUT2D eigenvalue weighted by atomic mass is 16.2. The Labute approximate surface area is 79.7 Å². The molecule has 76 valence electrons. The molecule has 1 fully saturated rings. The molecule has 4 N–H and O–H groups in total. The molecule has 0 atom stereocenters. The zero-order valence-electron chi connectivity index (χ0n) is 7.86. The van der Waals surface area contributed by atoms with Crippen molar-refractivity contribution in [2.45, 2.75) is 18.9 Å². The van der Waals surface area contributed by atoms with Gasteiger partial charge >= 0.3 is 5.69 Å². The molecule has 0 radical (unpaired) electrons. The van der Waals surface area contributed by atoms with Crippen LogP contribution in [0.25, 0.3) is 0 Å². The molecule has 1 aliphatic rings. The Morgan fingerprint density at radius 3 is 2.36 bits per heavy atom. The maximum Gasteiger partial charge on any atom is 0.332 e. The van der Waals surface area contributed by atoms with Gasteiger partial charge in [-0.3, -0.25) is 13.9 Å². The number of rotatable bonds is 1. The number of nitrogens with zero attached hydrogens (tertiary/aromatic N) is 2. The number of nitrogens with two attached hydrogens (primary N) is 2. The Morgan fingerprint density at radius 2 is 1.86 bits per heavy atom. The van der Waals surface area contributed by atoms with Gasteiger partial charge in [0.25, 0.3) is 5.56 Å². The third-order valence-corrected chi connectivity index (χ3v) is 2.49. The van der Waals surface area contributed by atoms with Crippen LogP contribution < -0.4 is 22.7 Å². The van der Waals surface area contributed by atoms with Crippen molar-refractivity contribution in [3.05, 3.63) is 20.8 Å². The molecule has 0 aliphatic heterocycles. The molecule has 0 amide bonds. The molecule has 0 saturated heterocycles. The molecular weight excluding hydrogens is 184 g/mol. The van der Waals surface area contributed by atoms with Gasteiger partial charge in [0.05, 0.1) is 0 Å². The first kappa shape index (κ1) is 8.86. The van der Waals surface area contributed by atoms with Crippen molar-refractivity contribution in [2.75, 3.05) is 11.5 Å². The van der Waals surface area contributed by atoms with Crippen molar-refractivity contribution in [2.24, 2.45) is 7.05 Å². The average Bonchev–Trinajstić information content (AvgIpc) is 2.96. The van der Waals surface area contributed by atoms with E-state index in [4.69, 9.17) is 11.5 Å². The van der Waals surface area contributed by atoms with E-state index in [1.54, 1.807) is 0 Å². The molecule has 1 saturated carbocycles. The summed E-state index contributed by atoms with van der Waals surface area (Å²) in [4.78, 5) is 23.2. The maximum absolute atomic E-state index is 11.6. The van der Waals surface area contributed by atoms with Gasteiger partial charge in [0.2, 0.25) is 0 Å². The molecule has 6 heteroatoms. The highest BCUT2D eigenvalue weighted by Crippen LogP contribution is 2.32. The minimum atomic E-state index is -0.465. The van der Waals surface area contributed by atoms with E-state index in [1.165, 1.54) is 16.2 Å². The first-order valence-electron chi connectivity index (χ1n) is 4.40. The molecule has 1 aliphatic carbocycles. The highest BCUT2D eigenvalue weighted by molar-refractivity contribution is 5.56. The fourth-order valence-electron chi connectivity index (χ4n) is 1.43. The molecular formula is C8H12N4O2. The van der Waals surface area contributed by atoms with Crippen LogP contribution in [0.15, 0.2) is 9.59 Å². The van der Waals surface area contributed by atoms with Crippen molar-refractivity contribution in [1.29, 1.82) is 0 Å². The molecule has 0 unspecified atom stereocenters. The normalized spacial score (nSPS) is 15.8. The molecule has 0 spiro atoms. The third-order valence-electron chi connectivity index (χ3n) is 2.49. The van der Waals surface area contributed by atoms with Gasteiger partial charge in [0.1, 0.15) is 11.5 Å². The Balaban J connectivity index is 2.84. The van der Waals surface area contributed by atoms with Crippen LogP contribution in [0.1, 0.15) is 18.9 Å². The summed E-state index contributed by atoms with van der Waals surface area (Å²) >= 11 is 0. The fourth-order valence-corrected chi connectivity index (χ4v) is 1.43. The Bertz CT molecular complexity index is 458. The Kier molecular flexibility index (Phi) is 1.67. The lowest BCUT2D eigenvalue weighted by Gasteiger charge is -2.10. The monoisotopic (exact) mass is 196 g/mol. The molecule has 6 nitrogen and oxygen atoms in total. The van der Waals surface area contributed by atoms with Gasteiger partial charge in [-0.25, -0.2) is 4.79 Å². The standard InChI is InChI=1S/C8H12N4O2/c1-11-6(10)5(9)7(13)12(8(11)14)4-2-3-4/h4H,2-3,9-10H2,1H3. The molecule has 2 rings (SSSR count). The minimum absolute atomic E-state index is 0.0177. The van der Waals surface area contributed by atoms with E-state index in [0.717, 1.165) is 12.8 Å². The van der Waals surface area contributed by atoms with Gasteiger partial charge in [0.15, 0.2) is 0 Å². The van der Waals surface area contributed by atoms with Gasteiger partial charge in [0, 0.05) is 13.1 Å². The van der Waals surface area contributed by atoms with E-state index in [-0.39, 0.29) is 23.2 Å². The lowest BCUT2D eigenvalue weighted by Crippen LogP contribution is -2.40. The van der Waals surface area contributed by atoms with Crippen molar-refractivity contribution < 1.29 is 0 Å². The summed E-state index contributed by atoms with van der Waals surface area (Å²) in [5.74, 6) is 0.0388. The Hall–Kier alpha value is -1.72. The van der Waals surface area contributed by atoms with Gasteiger partial charge < -0.3 is 11.5 Å². The summed E-state index contributed by atoms with van der Waals surface area (Å²) in [6, 6.07) is 0.0177. The van der Waals surface area contributed by atoms with Crippen LogP contribution in [-0.4, -0.2) is 9.13 Å². The van der Waals surface area contributed by atoms with Crippen LogP contribution in [-0.2, 0) is 7.05 Å². The van der Waals surface area contributed by atoms with Gasteiger partial charge in [-0.1, -0.05) is 0 Å². The van der Waals surface area contributed by atoms with Crippen LogP contribution in [0.5, 0.6) is 0 Å². The molecule has 14 heavy (non-hydrogen) atoms. The van der Waals surface area contributed by atoms with Gasteiger partial charge in [-0.2, -0.15) is 0 Å². The van der Waals surface area contributed by atoms with E-state index >= 15 is 0 Å². The number of hydrogen-bond acceptors (Lipinski definition) is 4. The largest absolute Gasteiger partial charge is 0.391 e. The second-order valence-electron chi connectivity index (χ2n) is 3.55. The zero-order valence-corrected chi connectivity index (χ0v) is 7.86. The zero-order chi connectivity index (χ0) is 10.5. The number of anilines is 2. The van der Waals surface area contributed by atoms with Crippen molar-refractivity contribution in [3.8, 4) is 0 Å². The van der Waals surface area contributed by atoms with E-state index < -0.39 is 5.56 Å². The molecule has 0 aromatic carbocycles. The lowest BCUT2D eigenvalue weighted by atomic mass is 10.4. The number of aromatic nitrogens is 2. The summed E-state index contributed by atoms with van der Waals surface area (Å²) in [5, 5.41) is 0. The number of nitrogen functional groups attached to an aromatic ring is 2. The first-order chi connectivity index (χ1) is 6.54. The maximum atomic E-state index is 11.6. The highest BCUT2D eigenvalue weighted by Gasteiger charge is 2.28. The Morgan fingerprint density at radius 1 is 1.29 bits per heavy atom. The fraction of sp³-hybridized carbons (Fsp3) is 0.500. The smallest absolute Gasteiger partial charge is 0.332 e. The van der Waals surface area contributed by atoms with E-state index in [1.807, 2.05) is 0 Å². The van der Waals surface area contributed by atoms with Gasteiger partial charge in [-0.05, 0) is 12.8 Å². The summed E-state index contributed by atoms with van der Waals surface area (Å²) in [6.07, 6.45) is 1.72. The lowest BCUT2D eigenvalue weighted by molar-refractivity contribution is 0.616. The molecule has 1 aromatic rings. The summed E-state index contributed by atoms with van der Waals surface area (Å²) in [5.41, 5.74) is 10.1. The summed E-state index contributed by atoms with van der Waals surface area (Å²) < 4.78 is 2.39. The quantitative estimate of drug-likeness (QED) is 0.605. The van der Waals surface area contributed by atoms with E-state index in [0.29, 0.717) is 0 Å².